The first-order valence-corrected chi connectivity index (χ1v) is 7.34. The maximum Gasteiger partial charge on any atom is 0.123 e. The van der Waals surface area contributed by atoms with Gasteiger partial charge in [-0.25, -0.2) is 0 Å². The van der Waals surface area contributed by atoms with Gasteiger partial charge in [-0.15, -0.1) is 0 Å². The zero-order valence-electron chi connectivity index (χ0n) is 11.3. The van der Waals surface area contributed by atoms with Gasteiger partial charge in [0, 0.05) is 13.0 Å². The van der Waals surface area contributed by atoms with Gasteiger partial charge in [0.25, 0.3) is 0 Å². The van der Waals surface area contributed by atoms with Gasteiger partial charge >= 0.3 is 0 Å². The van der Waals surface area contributed by atoms with E-state index in [0.717, 1.165) is 31.7 Å². The summed E-state index contributed by atoms with van der Waals surface area (Å²) in [6.07, 6.45) is 3.51. The summed E-state index contributed by atoms with van der Waals surface area (Å²) in [5, 5.41) is 0. The molecule has 102 valence electrons. The molecular weight excluding hydrogens is 256 g/mol. The highest BCUT2D eigenvalue weighted by atomic mass is 32.1. The Hall–Kier alpha value is -1.13. The molecule has 2 heterocycles. The predicted octanol–water partition coefficient (Wildman–Crippen LogP) is 2.05. The molecule has 0 bridgehead atoms. The van der Waals surface area contributed by atoms with Crippen molar-refractivity contribution in [2.75, 3.05) is 13.1 Å². The third-order valence-electron chi connectivity index (χ3n) is 4.09. The van der Waals surface area contributed by atoms with E-state index >= 15 is 0 Å². The highest BCUT2D eigenvalue weighted by molar-refractivity contribution is 7.80. The highest BCUT2D eigenvalue weighted by Gasteiger charge is 2.31. The molecule has 2 aliphatic heterocycles. The molecule has 0 amide bonds. The Labute approximate surface area is 119 Å². The maximum atomic E-state index is 6.03. The largest absolute Gasteiger partial charge is 0.488 e. The number of hydrogen-bond acceptors (Lipinski definition) is 3. The van der Waals surface area contributed by atoms with E-state index in [2.05, 4.69) is 30.0 Å². The van der Waals surface area contributed by atoms with Crippen LogP contribution in [-0.2, 0) is 6.42 Å². The Morgan fingerprint density at radius 1 is 1.53 bits per heavy atom. The van der Waals surface area contributed by atoms with Gasteiger partial charge in [-0.3, -0.25) is 4.90 Å². The fourth-order valence-electron chi connectivity index (χ4n) is 3.18. The molecular formula is C15H20N2OS. The van der Waals surface area contributed by atoms with Crippen LogP contribution < -0.4 is 10.5 Å². The van der Waals surface area contributed by atoms with Crippen LogP contribution in [0.25, 0.3) is 0 Å². The fourth-order valence-corrected chi connectivity index (χ4v) is 3.45. The lowest BCUT2D eigenvalue weighted by molar-refractivity contribution is 0.158. The summed E-state index contributed by atoms with van der Waals surface area (Å²) >= 11 is 5.15. The van der Waals surface area contributed by atoms with E-state index in [1.807, 2.05) is 0 Å². The van der Waals surface area contributed by atoms with E-state index in [0.29, 0.717) is 4.99 Å². The Morgan fingerprint density at radius 3 is 3.16 bits per heavy atom. The number of likely N-dealkylation sites (tertiary alicyclic amines) is 1. The van der Waals surface area contributed by atoms with Crippen LogP contribution in [0.4, 0.5) is 0 Å². The van der Waals surface area contributed by atoms with Gasteiger partial charge < -0.3 is 10.5 Å². The van der Waals surface area contributed by atoms with Crippen LogP contribution in [0.3, 0.4) is 0 Å². The first kappa shape index (κ1) is 12.9. The van der Waals surface area contributed by atoms with Crippen molar-refractivity contribution in [1.82, 2.24) is 4.90 Å². The molecule has 3 rings (SSSR count). The molecule has 0 aliphatic carbocycles. The normalized spacial score (nSPS) is 26.2. The summed E-state index contributed by atoms with van der Waals surface area (Å²) in [6, 6.07) is 6.68. The molecule has 1 saturated heterocycles. The van der Waals surface area contributed by atoms with Crippen molar-refractivity contribution in [3.8, 4) is 5.75 Å². The van der Waals surface area contributed by atoms with Crippen molar-refractivity contribution in [3.05, 3.63) is 29.3 Å². The van der Waals surface area contributed by atoms with Gasteiger partial charge in [0.05, 0.1) is 11.0 Å². The number of aryl methyl sites for hydroxylation is 1. The third-order valence-corrected chi connectivity index (χ3v) is 4.36. The lowest BCUT2D eigenvalue weighted by Gasteiger charge is -2.26. The number of rotatable bonds is 3. The molecule has 4 heteroatoms. The van der Waals surface area contributed by atoms with Gasteiger partial charge in [-0.2, -0.15) is 0 Å². The number of nitrogens with two attached hydrogens (primary N) is 1. The number of ether oxygens (including phenoxy) is 1. The summed E-state index contributed by atoms with van der Waals surface area (Å²) < 4.78 is 6.03. The minimum absolute atomic E-state index is 0.242. The fraction of sp³-hybridized carbons (Fsp3) is 0.533. The van der Waals surface area contributed by atoms with Crippen molar-refractivity contribution in [2.24, 2.45) is 5.73 Å². The third kappa shape index (κ3) is 2.60. The molecule has 0 saturated carbocycles. The molecule has 2 atom stereocenters. The van der Waals surface area contributed by atoms with Gasteiger partial charge in [0.1, 0.15) is 11.9 Å². The van der Waals surface area contributed by atoms with Crippen molar-refractivity contribution in [3.63, 3.8) is 0 Å². The molecule has 0 radical (unpaired) electrons. The van der Waals surface area contributed by atoms with Crippen molar-refractivity contribution < 1.29 is 4.74 Å². The minimum Gasteiger partial charge on any atom is -0.488 e. The quantitative estimate of drug-likeness (QED) is 0.858. The molecule has 2 aliphatic rings. The Balaban J connectivity index is 1.65. The second-order valence-electron chi connectivity index (χ2n) is 5.61. The Kier molecular flexibility index (Phi) is 3.46. The average Bonchev–Trinajstić information content (AvgIpc) is 2.95. The molecule has 3 nitrogen and oxygen atoms in total. The molecule has 2 unspecified atom stereocenters. The molecule has 1 aromatic carbocycles. The SMILES string of the molecule is Cc1ccc2c(c1)CC(CN1CCCC1C(N)=S)O2. The van der Waals surface area contributed by atoms with E-state index < -0.39 is 0 Å². The highest BCUT2D eigenvalue weighted by Crippen LogP contribution is 2.30. The summed E-state index contributed by atoms with van der Waals surface area (Å²) in [4.78, 5) is 3.01. The predicted molar refractivity (Wildman–Crippen MR) is 80.7 cm³/mol. The van der Waals surface area contributed by atoms with Crippen LogP contribution in [0.15, 0.2) is 18.2 Å². The average molecular weight is 276 g/mol. The van der Waals surface area contributed by atoms with Crippen molar-refractivity contribution in [2.45, 2.75) is 38.3 Å². The van der Waals surface area contributed by atoms with Crippen LogP contribution in [0, 0.1) is 6.92 Å². The van der Waals surface area contributed by atoms with E-state index in [4.69, 9.17) is 22.7 Å². The molecule has 0 aromatic heterocycles. The lowest BCUT2D eigenvalue weighted by Crippen LogP contribution is -2.43. The van der Waals surface area contributed by atoms with Crippen LogP contribution in [0.1, 0.15) is 24.0 Å². The van der Waals surface area contributed by atoms with E-state index in [9.17, 15) is 0 Å². The monoisotopic (exact) mass is 276 g/mol. The van der Waals surface area contributed by atoms with Gasteiger partial charge in [-0.05, 0) is 37.9 Å². The number of hydrogen-bond donors (Lipinski definition) is 1. The summed E-state index contributed by atoms with van der Waals surface area (Å²) in [5.41, 5.74) is 8.44. The first-order valence-electron chi connectivity index (χ1n) is 6.93. The Morgan fingerprint density at radius 2 is 2.37 bits per heavy atom. The van der Waals surface area contributed by atoms with Gasteiger partial charge in [0.2, 0.25) is 0 Å². The molecule has 1 aromatic rings. The maximum absolute atomic E-state index is 6.03. The van der Waals surface area contributed by atoms with E-state index in [-0.39, 0.29) is 12.1 Å². The topological polar surface area (TPSA) is 38.5 Å². The minimum atomic E-state index is 0.242. The number of fused-ring (bicyclic) bond motifs is 1. The van der Waals surface area contributed by atoms with Crippen molar-refractivity contribution >= 4 is 17.2 Å². The standard InChI is InChI=1S/C15H20N2OS/c1-10-4-5-14-11(7-10)8-12(18-14)9-17-6-2-3-13(17)15(16)19/h4-5,7,12-13H,2-3,6,8-9H2,1H3,(H2,16,19). The van der Waals surface area contributed by atoms with E-state index in [1.54, 1.807) is 0 Å². The smallest absolute Gasteiger partial charge is 0.123 e. The molecule has 0 spiro atoms. The van der Waals surface area contributed by atoms with Crippen LogP contribution in [-0.4, -0.2) is 35.1 Å². The van der Waals surface area contributed by atoms with Gasteiger partial charge in [0.15, 0.2) is 0 Å². The second-order valence-corrected chi connectivity index (χ2v) is 6.08. The summed E-state index contributed by atoms with van der Waals surface area (Å²) in [7, 11) is 0. The number of thiocarbonyl (C=S) groups is 1. The number of benzene rings is 1. The second kappa shape index (κ2) is 5.10. The zero-order valence-corrected chi connectivity index (χ0v) is 12.1. The first-order chi connectivity index (χ1) is 9.13. The molecule has 19 heavy (non-hydrogen) atoms. The van der Waals surface area contributed by atoms with E-state index in [1.165, 1.54) is 17.5 Å². The Bertz CT molecular complexity index is 503. The molecule has 2 N–H and O–H groups in total. The summed E-state index contributed by atoms with van der Waals surface area (Å²) in [5.74, 6) is 1.04. The number of nitrogens with zero attached hydrogens (tertiary/aromatic N) is 1. The van der Waals surface area contributed by atoms with Crippen LogP contribution in [0.5, 0.6) is 5.75 Å². The van der Waals surface area contributed by atoms with Gasteiger partial charge in [-0.1, -0.05) is 29.9 Å². The lowest BCUT2D eigenvalue weighted by atomic mass is 10.1. The molecule has 1 fully saturated rings. The zero-order chi connectivity index (χ0) is 13.4. The van der Waals surface area contributed by atoms with Crippen LogP contribution in [0.2, 0.25) is 0 Å². The van der Waals surface area contributed by atoms with Crippen molar-refractivity contribution in [1.29, 1.82) is 0 Å². The summed E-state index contributed by atoms with van der Waals surface area (Å²) in [6.45, 7) is 4.13. The van der Waals surface area contributed by atoms with Crippen LogP contribution >= 0.6 is 12.2 Å².